The fraction of sp³-hybridized carbons (Fsp3) is 0.545. The van der Waals surface area contributed by atoms with Crippen molar-refractivity contribution in [3.63, 3.8) is 0 Å². The van der Waals surface area contributed by atoms with E-state index in [4.69, 9.17) is 10.5 Å². The fourth-order valence-corrected chi connectivity index (χ4v) is 1.32. The summed E-state index contributed by atoms with van der Waals surface area (Å²) in [5.41, 5.74) is 5.29. The van der Waals surface area contributed by atoms with Gasteiger partial charge in [-0.2, -0.15) is 0 Å². The molecule has 0 saturated heterocycles. The molecular formula is C11H18N4O3. The highest BCUT2D eigenvalue weighted by Crippen LogP contribution is 2.20. The van der Waals surface area contributed by atoms with Gasteiger partial charge in [-0.3, -0.25) is 10.1 Å². The second kappa shape index (κ2) is 7.44. The Morgan fingerprint density at radius 1 is 1.50 bits per heavy atom. The number of unbranched alkanes of at least 4 members (excludes halogenated alkanes) is 1. The van der Waals surface area contributed by atoms with Gasteiger partial charge in [0.25, 0.3) is 0 Å². The van der Waals surface area contributed by atoms with E-state index < -0.39 is 4.92 Å². The van der Waals surface area contributed by atoms with Crippen LogP contribution >= 0.6 is 0 Å². The highest BCUT2D eigenvalue weighted by Gasteiger charge is 2.12. The molecule has 0 aliphatic carbocycles. The third kappa shape index (κ3) is 4.54. The van der Waals surface area contributed by atoms with E-state index in [1.165, 1.54) is 12.1 Å². The Bertz CT molecular complexity index is 398. The van der Waals surface area contributed by atoms with Gasteiger partial charge in [-0.1, -0.05) is 13.3 Å². The molecule has 1 rings (SSSR count). The summed E-state index contributed by atoms with van der Waals surface area (Å²) in [6.07, 6.45) is 2.15. The zero-order chi connectivity index (χ0) is 13.4. The molecule has 0 bridgehead atoms. The third-order valence-electron chi connectivity index (χ3n) is 2.29. The number of nitrogens with zero attached hydrogens (tertiary/aromatic N) is 2. The maximum atomic E-state index is 10.5. The predicted molar refractivity (Wildman–Crippen MR) is 69.5 cm³/mol. The zero-order valence-electron chi connectivity index (χ0n) is 10.4. The number of nitrogens with one attached hydrogen (secondary N) is 1. The Hall–Kier alpha value is -1.89. The number of nitro groups is 1. The molecule has 18 heavy (non-hydrogen) atoms. The van der Waals surface area contributed by atoms with E-state index in [-0.39, 0.29) is 11.5 Å². The summed E-state index contributed by atoms with van der Waals surface area (Å²) >= 11 is 0. The summed E-state index contributed by atoms with van der Waals surface area (Å²) in [7, 11) is 0. The first kappa shape index (κ1) is 14.2. The Labute approximate surface area is 105 Å². The predicted octanol–water partition coefficient (Wildman–Crippen LogP) is 1.80. The number of pyridine rings is 1. The van der Waals surface area contributed by atoms with Crippen LogP contribution < -0.4 is 11.1 Å². The molecule has 0 fully saturated rings. The maximum Gasteiger partial charge on any atom is 0.311 e. The van der Waals surface area contributed by atoms with Crippen LogP contribution in [0, 0.1) is 10.1 Å². The summed E-state index contributed by atoms with van der Waals surface area (Å²) in [6, 6.07) is 2.86. The van der Waals surface area contributed by atoms with Crippen molar-refractivity contribution in [3.8, 4) is 0 Å². The molecule has 1 heterocycles. The van der Waals surface area contributed by atoms with Crippen LogP contribution in [0.4, 0.5) is 17.3 Å². The molecule has 0 amide bonds. The molecule has 0 radical (unpaired) electrons. The minimum Gasteiger partial charge on any atom is -0.380 e. The molecule has 0 aliphatic rings. The van der Waals surface area contributed by atoms with E-state index in [0.717, 1.165) is 19.4 Å². The summed E-state index contributed by atoms with van der Waals surface area (Å²) in [5, 5.41) is 13.5. The summed E-state index contributed by atoms with van der Waals surface area (Å²) < 4.78 is 5.36. The van der Waals surface area contributed by atoms with E-state index in [0.29, 0.717) is 19.0 Å². The summed E-state index contributed by atoms with van der Waals surface area (Å²) in [6.45, 7) is 4.01. The number of rotatable bonds is 8. The summed E-state index contributed by atoms with van der Waals surface area (Å²) in [5.74, 6) is 0.425. The monoisotopic (exact) mass is 254 g/mol. The van der Waals surface area contributed by atoms with Crippen molar-refractivity contribution in [2.24, 2.45) is 0 Å². The lowest BCUT2D eigenvalue weighted by Crippen LogP contribution is -2.11. The minimum absolute atomic E-state index is 0.0862. The number of hydrogen-bond donors (Lipinski definition) is 2. The van der Waals surface area contributed by atoms with Crippen molar-refractivity contribution in [1.29, 1.82) is 0 Å². The topological polar surface area (TPSA) is 103 Å². The molecule has 0 atom stereocenters. The maximum absolute atomic E-state index is 10.5. The van der Waals surface area contributed by atoms with Crippen LogP contribution in [0.25, 0.3) is 0 Å². The fourth-order valence-electron chi connectivity index (χ4n) is 1.32. The molecule has 1 aromatic rings. The first-order valence-electron chi connectivity index (χ1n) is 5.87. The quantitative estimate of drug-likeness (QED) is 0.416. The number of hydrogen-bond acceptors (Lipinski definition) is 6. The van der Waals surface area contributed by atoms with Crippen molar-refractivity contribution in [1.82, 2.24) is 4.98 Å². The normalized spacial score (nSPS) is 10.3. The van der Waals surface area contributed by atoms with Crippen molar-refractivity contribution >= 4 is 17.3 Å². The van der Waals surface area contributed by atoms with E-state index in [2.05, 4.69) is 17.2 Å². The minimum atomic E-state index is -0.556. The van der Waals surface area contributed by atoms with Gasteiger partial charge in [-0.05, 0) is 12.5 Å². The smallest absolute Gasteiger partial charge is 0.311 e. The molecule has 1 aromatic heterocycles. The van der Waals surface area contributed by atoms with Gasteiger partial charge in [0.15, 0.2) is 0 Å². The zero-order valence-corrected chi connectivity index (χ0v) is 10.4. The lowest BCUT2D eigenvalue weighted by Gasteiger charge is -2.07. The molecule has 0 aliphatic heterocycles. The van der Waals surface area contributed by atoms with Crippen molar-refractivity contribution < 1.29 is 9.66 Å². The van der Waals surface area contributed by atoms with Gasteiger partial charge in [-0.25, -0.2) is 4.98 Å². The van der Waals surface area contributed by atoms with Gasteiger partial charge in [0.2, 0.25) is 5.82 Å². The largest absolute Gasteiger partial charge is 0.380 e. The average Bonchev–Trinajstić information content (AvgIpc) is 2.33. The van der Waals surface area contributed by atoms with Crippen LogP contribution in [0.5, 0.6) is 0 Å². The van der Waals surface area contributed by atoms with Crippen LogP contribution in [0.1, 0.15) is 19.8 Å². The number of anilines is 2. The van der Waals surface area contributed by atoms with Crippen molar-refractivity contribution in [2.45, 2.75) is 19.8 Å². The average molecular weight is 254 g/mol. The highest BCUT2D eigenvalue weighted by molar-refractivity contribution is 5.57. The van der Waals surface area contributed by atoms with Crippen LogP contribution in [0.3, 0.4) is 0 Å². The van der Waals surface area contributed by atoms with E-state index in [1.54, 1.807) is 0 Å². The van der Waals surface area contributed by atoms with E-state index >= 15 is 0 Å². The molecule has 100 valence electrons. The standard InChI is InChI=1S/C11H18N4O3/c1-2-3-7-18-8-6-13-10-5-4-9(15(16)17)11(12)14-10/h4-5H,2-3,6-8H2,1H3,(H3,12,13,14). The lowest BCUT2D eigenvalue weighted by molar-refractivity contribution is -0.384. The van der Waals surface area contributed by atoms with Gasteiger partial charge in [0.1, 0.15) is 5.82 Å². The van der Waals surface area contributed by atoms with Crippen LogP contribution in [0.15, 0.2) is 12.1 Å². The molecular weight excluding hydrogens is 236 g/mol. The van der Waals surface area contributed by atoms with Gasteiger partial charge in [-0.15, -0.1) is 0 Å². The summed E-state index contributed by atoms with van der Waals surface area (Å²) in [4.78, 5) is 13.9. The van der Waals surface area contributed by atoms with Gasteiger partial charge in [0, 0.05) is 19.2 Å². The van der Waals surface area contributed by atoms with Crippen LogP contribution in [-0.2, 0) is 4.74 Å². The second-order valence-corrected chi connectivity index (χ2v) is 3.75. The van der Waals surface area contributed by atoms with Gasteiger partial charge in [0.05, 0.1) is 11.5 Å². The number of nitrogen functional groups attached to an aromatic ring is 1. The SMILES string of the molecule is CCCCOCCNc1ccc([N+](=O)[O-])c(N)n1. The first-order valence-corrected chi connectivity index (χ1v) is 5.87. The van der Waals surface area contributed by atoms with E-state index in [9.17, 15) is 10.1 Å². The number of aromatic nitrogens is 1. The molecule has 0 unspecified atom stereocenters. The molecule has 0 aromatic carbocycles. The Kier molecular flexibility index (Phi) is 5.86. The Balaban J connectivity index is 2.35. The molecule has 0 spiro atoms. The lowest BCUT2D eigenvalue weighted by atomic mass is 10.3. The highest BCUT2D eigenvalue weighted by atomic mass is 16.6. The molecule has 3 N–H and O–H groups in total. The number of nitrogens with two attached hydrogens (primary N) is 1. The third-order valence-corrected chi connectivity index (χ3v) is 2.29. The van der Waals surface area contributed by atoms with Crippen LogP contribution in [0.2, 0.25) is 0 Å². The number of ether oxygens (including phenoxy) is 1. The molecule has 7 heteroatoms. The Morgan fingerprint density at radius 3 is 2.89 bits per heavy atom. The Morgan fingerprint density at radius 2 is 2.28 bits per heavy atom. The van der Waals surface area contributed by atoms with Crippen molar-refractivity contribution in [2.75, 3.05) is 30.8 Å². The van der Waals surface area contributed by atoms with E-state index in [1.807, 2.05) is 0 Å². The van der Waals surface area contributed by atoms with Gasteiger partial charge >= 0.3 is 5.69 Å². The van der Waals surface area contributed by atoms with Gasteiger partial charge < -0.3 is 15.8 Å². The second-order valence-electron chi connectivity index (χ2n) is 3.75. The molecule has 7 nitrogen and oxygen atoms in total. The first-order chi connectivity index (χ1) is 8.65. The van der Waals surface area contributed by atoms with Crippen LogP contribution in [-0.4, -0.2) is 29.7 Å². The molecule has 0 saturated carbocycles. The van der Waals surface area contributed by atoms with Crippen molar-refractivity contribution in [3.05, 3.63) is 22.2 Å².